The molecule has 5 rings (SSSR count). The minimum atomic E-state index is -0.289. The van der Waals surface area contributed by atoms with Gasteiger partial charge in [-0.15, -0.1) is 0 Å². The molecule has 7 nitrogen and oxygen atoms in total. The van der Waals surface area contributed by atoms with Gasteiger partial charge in [0, 0.05) is 23.7 Å². The fraction of sp³-hybridized carbons (Fsp3) is 0.258. The molecular weight excluding hydrogens is 476 g/mol. The van der Waals surface area contributed by atoms with Crippen LogP contribution in [0, 0.1) is 25.2 Å². The first-order chi connectivity index (χ1) is 18.4. The van der Waals surface area contributed by atoms with Gasteiger partial charge in [-0.2, -0.15) is 5.26 Å². The number of ether oxygens (including phenoxy) is 1. The Morgan fingerprint density at radius 3 is 2.87 bits per heavy atom. The number of nitriles is 1. The first kappa shape index (κ1) is 25.1. The Bertz CT molecular complexity index is 1610. The fourth-order valence-electron chi connectivity index (χ4n) is 5.49. The number of rotatable bonds is 6. The molecule has 1 amide bonds. The molecule has 38 heavy (non-hydrogen) atoms. The zero-order valence-corrected chi connectivity index (χ0v) is 21.8. The van der Waals surface area contributed by atoms with Crippen molar-refractivity contribution in [3.8, 4) is 17.6 Å². The lowest BCUT2D eigenvalue weighted by atomic mass is 9.87. The minimum Gasteiger partial charge on any atom is -0.504 e. The summed E-state index contributed by atoms with van der Waals surface area (Å²) < 4.78 is 7.30. The monoisotopic (exact) mass is 506 g/mol. The predicted molar refractivity (Wildman–Crippen MR) is 147 cm³/mol. The number of pyridine rings is 1. The molecule has 1 aliphatic rings. The molecule has 1 aliphatic carbocycles. The van der Waals surface area contributed by atoms with Gasteiger partial charge in [0.2, 0.25) is 5.91 Å². The number of hydrogen-bond donors (Lipinski definition) is 2. The number of nitrogens with zero attached hydrogens (tertiary/aromatic N) is 3. The molecule has 0 aliphatic heterocycles. The molecule has 0 unspecified atom stereocenters. The lowest BCUT2D eigenvalue weighted by molar-refractivity contribution is -0.116. The van der Waals surface area contributed by atoms with Crippen molar-refractivity contribution in [2.45, 2.75) is 45.7 Å². The molecule has 0 spiro atoms. The van der Waals surface area contributed by atoms with Crippen molar-refractivity contribution in [3.05, 3.63) is 93.8 Å². The van der Waals surface area contributed by atoms with E-state index in [-0.39, 0.29) is 24.2 Å². The highest BCUT2D eigenvalue weighted by atomic mass is 16.5. The molecule has 7 heteroatoms. The van der Waals surface area contributed by atoms with Crippen LogP contribution in [0.5, 0.6) is 11.5 Å². The van der Waals surface area contributed by atoms with Gasteiger partial charge in [0.05, 0.1) is 24.4 Å². The molecule has 0 saturated heterocycles. The normalized spacial score (nSPS) is 14.8. The van der Waals surface area contributed by atoms with Gasteiger partial charge >= 0.3 is 0 Å². The maximum absolute atomic E-state index is 12.8. The van der Waals surface area contributed by atoms with Crippen LogP contribution in [0.3, 0.4) is 0 Å². The van der Waals surface area contributed by atoms with Crippen molar-refractivity contribution in [1.29, 1.82) is 5.26 Å². The molecule has 0 fully saturated rings. The Morgan fingerprint density at radius 1 is 1.26 bits per heavy atom. The fourth-order valence-corrected chi connectivity index (χ4v) is 5.49. The minimum absolute atomic E-state index is 0.0189. The Hall–Kier alpha value is -4.57. The molecule has 1 atom stereocenters. The third-order valence-electron chi connectivity index (χ3n) is 7.18. The van der Waals surface area contributed by atoms with E-state index in [1.54, 1.807) is 18.2 Å². The van der Waals surface area contributed by atoms with Crippen LogP contribution >= 0.6 is 0 Å². The molecule has 4 aromatic rings. The summed E-state index contributed by atoms with van der Waals surface area (Å²) in [6.45, 7) is 4.23. The second-order valence-electron chi connectivity index (χ2n) is 9.69. The van der Waals surface area contributed by atoms with E-state index in [2.05, 4.69) is 40.2 Å². The number of aromatic nitrogens is 2. The van der Waals surface area contributed by atoms with Gasteiger partial charge in [-0.3, -0.25) is 4.79 Å². The van der Waals surface area contributed by atoms with Crippen LogP contribution in [0.2, 0.25) is 0 Å². The largest absolute Gasteiger partial charge is 0.504 e. The number of aromatic hydroxyl groups is 1. The van der Waals surface area contributed by atoms with E-state index in [0.717, 1.165) is 47.1 Å². The van der Waals surface area contributed by atoms with Gasteiger partial charge in [0.1, 0.15) is 11.7 Å². The zero-order chi connectivity index (χ0) is 26.8. The van der Waals surface area contributed by atoms with E-state index in [0.29, 0.717) is 17.0 Å². The number of carbonyl (C=O) groups excluding carboxylic acids is 1. The molecule has 0 saturated carbocycles. The van der Waals surface area contributed by atoms with E-state index in [1.807, 2.05) is 19.9 Å². The summed E-state index contributed by atoms with van der Waals surface area (Å²) in [5.41, 5.74) is 7.21. The highest BCUT2D eigenvalue weighted by Crippen LogP contribution is 2.39. The average Bonchev–Trinajstić information content (AvgIpc) is 3.24. The Kier molecular flexibility index (Phi) is 6.89. The topological polar surface area (TPSA) is 100 Å². The summed E-state index contributed by atoms with van der Waals surface area (Å²) >= 11 is 0. The van der Waals surface area contributed by atoms with Crippen LogP contribution in [0.1, 0.15) is 58.1 Å². The van der Waals surface area contributed by atoms with Gasteiger partial charge in [-0.05, 0) is 79.6 Å². The van der Waals surface area contributed by atoms with E-state index in [9.17, 15) is 15.2 Å². The summed E-state index contributed by atoms with van der Waals surface area (Å²) in [6, 6.07) is 17.8. The molecule has 0 radical (unpaired) electrons. The number of nitrogens with one attached hydrogen (secondary N) is 1. The number of benzene rings is 2. The van der Waals surface area contributed by atoms with Crippen LogP contribution < -0.4 is 10.1 Å². The highest BCUT2D eigenvalue weighted by Gasteiger charge is 2.28. The lowest BCUT2D eigenvalue weighted by Crippen LogP contribution is -2.21. The maximum atomic E-state index is 12.8. The van der Waals surface area contributed by atoms with Gasteiger partial charge < -0.3 is 19.7 Å². The van der Waals surface area contributed by atoms with E-state index < -0.39 is 0 Å². The molecule has 0 bridgehead atoms. The maximum Gasteiger partial charge on any atom is 0.244 e. The number of fused-ring (bicyclic) bond motifs is 2. The zero-order valence-electron chi connectivity index (χ0n) is 21.8. The number of carbonyl (C=O) groups is 1. The predicted octanol–water partition coefficient (Wildman–Crippen LogP) is 5.49. The molecule has 2 aromatic heterocycles. The van der Waals surface area contributed by atoms with Crippen LogP contribution in [0.15, 0.2) is 54.6 Å². The van der Waals surface area contributed by atoms with Crippen molar-refractivity contribution in [2.75, 3.05) is 7.11 Å². The van der Waals surface area contributed by atoms with Crippen LogP contribution in [0.25, 0.3) is 17.1 Å². The second kappa shape index (κ2) is 10.4. The molecule has 192 valence electrons. The number of methoxy groups -OCH3 is 1. The Morgan fingerprint density at radius 2 is 2.08 bits per heavy atom. The van der Waals surface area contributed by atoms with Crippen LogP contribution in [0.4, 0.5) is 0 Å². The van der Waals surface area contributed by atoms with Crippen molar-refractivity contribution in [2.24, 2.45) is 0 Å². The van der Waals surface area contributed by atoms with Gasteiger partial charge in [-0.25, -0.2) is 4.98 Å². The van der Waals surface area contributed by atoms with Crippen molar-refractivity contribution < 1.29 is 14.6 Å². The number of amides is 1. The number of hydrogen-bond acceptors (Lipinski definition) is 5. The lowest BCUT2D eigenvalue weighted by Gasteiger charge is -2.28. The molecule has 2 heterocycles. The Labute approximate surface area is 222 Å². The van der Waals surface area contributed by atoms with Crippen molar-refractivity contribution >= 4 is 23.0 Å². The first-order valence-corrected chi connectivity index (χ1v) is 12.7. The third kappa shape index (κ3) is 4.61. The molecule has 2 N–H and O–H groups in total. The van der Waals surface area contributed by atoms with Gasteiger partial charge in [0.15, 0.2) is 11.5 Å². The van der Waals surface area contributed by atoms with Gasteiger partial charge in [-0.1, -0.05) is 30.3 Å². The summed E-state index contributed by atoms with van der Waals surface area (Å²) in [7, 11) is 1.48. The summed E-state index contributed by atoms with van der Waals surface area (Å²) in [5, 5.41) is 23.8. The molecular formula is C31H30N4O3. The first-order valence-electron chi connectivity index (χ1n) is 12.7. The average molecular weight is 507 g/mol. The quantitative estimate of drug-likeness (QED) is 0.337. The number of phenols is 1. The number of phenolic OH excluding ortho intramolecular Hbond substituents is 1. The van der Waals surface area contributed by atoms with E-state index in [1.165, 1.54) is 30.4 Å². The van der Waals surface area contributed by atoms with Crippen LogP contribution in [-0.4, -0.2) is 27.7 Å². The second-order valence-corrected chi connectivity index (χ2v) is 9.69. The van der Waals surface area contributed by atoms with E-state index in [4.69, 9.17) is 9.72 Å². The Balaban J connectivity index is 1.54. The van der Waals surface area contributed by atoms with Crippen molar-refractivity contribution in [1.82, 2.24) is 14.9 Å². The van der Waals surface area contributed by atoms with Gasteiger partial charge in [0.25, 0.3) is 0 Å². The van der Waals surface area contributed by atoms with E-state index >= 15 is 0 Å². The van der Waals surface area contributed by atoms with Crippen molar-refractivity contribution in [3.63, 3.8) is 0 Å². The molecule has 2 aromatic carbocycles. The standard InChI is InChI=1S/C31H30N4O3/c1-19-15-20(2)34-31-30(19)24(17-32)26(35(31)25-10-6-8-22-7-4-5-9-23(22)25)12-14-29(37)33-18-21-11-13-27(36)28(16-21)38-3/h4-5,7,9,11-16,25,36H,6,8,10,18H2,1-3H3,(H,33,37)/b14-12+/t25-/m0/s1. The summed E-state index contributed by atoms with van der Waals surface area (Å²) in [5.74, 6) is 0.104. The third-order valence-corrected chi connectivity index (χ3v) is 7.18. The summed E-state index contributed by atoms with van der Waals surface area (Å²) in [4.78, 5) is 17.7. The summed E-state index contributed by atoms with van der Waals surface area (Å²) in [6.07, 6.45) is 6.20. The van der Waals surface area contributed by atoms with Crippen LogP contribution in [-0.2, 0) is 17.8 Å². The smallest absolute Gasteiger partial charge is 0.244 e. The highest BCUT2D eigenvalue weighted by molar-refractivity contribution is 5.96. The number of aryl methyl sites for hydroxylation is 3. The SMILES string of the molecule is COc1cc(CNC(=O)/C=C/c2c(C#N)c3c(C)cc(C)nc3n2[C@H]2CCCc3ccccc32)ccc1O.